The molecule has 35 heavy (non-hydrogen) atoms. The predicted octanol–water partition coefficient (Wildman–Crippen LogP) is 4.85. The number of rotatable bonds is 11. The van der Waals surface area contributed by atoms with Crippen LogP contribution in [-0.4, -0.2) is 45.2 Å². The average molecular weight is 477 g/mol. The smallest absolute Gasteiger partial charge is 0.336 e. The number of aliphatic hydroxyl groups is 1. The minimum Gasteiger partial charge on any atom is -0.460 e. The number of halogens is 1. The number of aromatic nitrogens is 3. The van der Waals surface area contributed by atoms with Gasteiger partial charge in [0.15, 0.2) is 5.82 Å². The van der Waals surface area contributed by atoms with Crippen LogP contribution in [0.4, 0.5) is 10.1 Å². The number of nitrogens with one attached hydrogen (secondary N) is 1. The van der Waals surface area contributed by atoms with Crippen LogP contribution in [0.15, 0.2) is 78.9 Å². The van der Waals surface area contributed by atoms with Crippen molar-refractivity contribution in [2.45, 2.75) is 32.7 Å². The summed E-state index contributed by atoms with van der Waals surface area (Å²) >= 11 is 0. The average Bonchev–Trinajstić information content (AvgIpc) is 3.27. The molecule has 0 bridgehead atoms. The highest BCUT2D eigenvalue weighted by molar-refractivity contribution is 5.59. The second-order valence-electron chi connectivity index (χ2n) is 8.39. The van der Waals surface area contributed by atoms with Crippen molar-refractivity contribution >= 4 is 5.69 Å². The standard InChI is InChI=1S/C27H29FN4O3/c1-19(2)35-27-30-26(21-9-6-10-22(28)15-21)32(31-27)24-13-11-23(12-14-24)29-16-25(33)18-34-17-20-7-4-3-5-8-20/h3-15,19,25,29,33H,16-18H2,1-2H3/t25-/m1/s1. The lowest BCUT2D eigenvalue weighted by Crippen LogP contribution is -2.24. The van der Waals surface area contributed by atoms with Gasteiger partial charge in [-0.05, 0) is 55.8 Å². The molecule has 0 aliphatic rings. The normalized spacial score (nSPS) is 12.0. The number of aliphatic hydroxyl groups excluding tert-OH is 1. The molecule has 4 aromatic rings. The summed E-state index contributed by atoms with van der Waals surface area (Å²) in [4.78, 5) is 4.47. The Bertz CT molecular complexity index is 1210. The van der Waals surface area contributed by atoms with Crippen LogP contribution in [0.25, 0.3) is 17.1 Å². The maximum atomic E-state index is 13.8. The minimum absolute atomic E-state index is 0.0964. The number of anilines is 1. The molecule has 0 saturated heterocycles. The Morgan fingerprint density at radius 1 is 1.00 bits per heavy atom. The van der Waals surface area contributed by atoms with E-state index in [1.807, 2.05) is 68.4 Å². The molecule has 0 fully saturated rings. The molecular formula is C27H29FN4O3. The molecule has 0 spiro atoms. The molecule has 1 heterocycles. The van der Waals surface area contributed by atoms with Gasteiger partial charge in [0, 0.05) is 17.8 Å². The van der Waals surface area contributed by atoms with Crippen LogP contribution >= 0.6 is 0 Å². The Hall–Kier alpha value is -3.75. The fourth-order valence-corrected chi connectivity index (χ4v) is 3.45. The van der Waals surface area contributed by atoms with E-state index in [2.05, 4.69) is 15.4 Å². The van der Waals surface area contributed by atoms with Gasteiger partial charge in [-0.15, -0.1) is 5.10 Å². The van der Waals surface area contributed by atoms with E-state index in [4.69, 9.17) is 9.47 Å². The first-order chi connectivity index (χ1) is 17.0. The van der Waals surface area contributed by atoms with Crippen molar-refractivity contribution in [1.29, 1.82) is 0 Å². The summed E-state index contributed by atoms with van der Waals surface area (Å²) in [6.07, 6.45) is -0.745. The van der Waals surface area contributed by atoms with Crippen LogP contribution in [0.2, 0.25) is 0 Å². The Balaban J connectivity index is 1.40. The molecule has 8 heteroatoms. The molecule has 4 rings (SSSR count). The van der Waals surface area contributed by atoms with E-state index in [9.17, 15) is 9.50 Å². The molecule has 7 nitrogen and oxygen atoms in total. The molecule has 0 amide bonds. The van der Waals surface area contributed by atoms with Gasteiger partial charge in [-0.3, -0.25) is 0 Å². The Kier molecular flexibility index (Phi) is 8.07. The van der Waals surface area contributed by atoms with E-state index in [1.165, 1.54) is 12.1 Å². The van der Waals surface area contributed by atoms with E-state index in [1.54, 1.807) is 16.8 Å². The number of hydrogen-bond donors (Lipinski definition) is 2. The fourth-order valence-electron chi connectivity index (χ4n) is 3.45. The Labute approximate surface area is 204 Å². The molecule has 0 unspecified atom stereocenters. The zero-order valence-electron chi connectivity index (χ0n) is 19.8. The van der Waals surface area contributed by atoms with Gasteiger partial charge in [0.05, 0.1) is 31.1 Å². The number of nitrogens with zero attached hydrogens (tertiary/aromatic N) is 3. The lowest BCUT2D eigenvalue weighted by molar-refractivity contribution is 0.0348. The summed E-state index contributed by atoms with van der Waals surface area (Å²) in [6, 6.07) is 23.8. The highest BCUT2D eigenvalue weighted by atomic mass is 19.1. The van der Waals surface area contributed by atoms with Crippen molar-refractivity contribution in [3.63, 3.8) is 0 Å². The van der Waals surface area contributed by atoms with Crippen LogP contribution in [0.1, 0.15) is 19.4 Å². The molecule has 1 aromatic heterocycles. The SMILES string of the molecule is CC(C)Oc1nc(-c2cccc(F)c2)n(-c2ccc(NC[C@@H](O)COCc3ccccc3)cc2)n1. The second kappa shape index (κ2) is 11.6. The molecule has 1 atom stereocenters. The van der Waals surface area contributed by atoms with Gasteiger partial charge >= 0.3 is 6.01 Å². The first-order valence-corrected chi connectivity index (χ1v) is 11.5. The van der Waals surface area contributed by atoms with Crippen molar-refractivity contribution < 1.29 is 19.0 Å². The monoisotopic (exact) mass is 476 g/mol. The minimum atomic E-state index is -0.649. The highest BCUT2D eigenvalue weighted by Gasteiger charge is 2.16. The maximum Gasteiger partial charge on any atom is 0.336 e. The van der Waals surface area contributed by atoms with Crippen LogP contribution in [0, 0.1) is 5.82 Å². The number of hydrogen-bond acceptors (Lipinski definition) is 6. The van der Waals surface area contributed by atoms with Gasteiger partial charge in [0.25, 0.3) is 0 Å². The van der Waals surface area contributed by atoms with Crippen molar-refractivity contribution in [2.24, 2.45) is 0 Å². The van der Waals surface area contributed by atoms with Gasteiger partial charge in [-0.1, -0.05) is 42.5 Å². The van der Waals surface area contributed by atoms with E-state index < -0.39 is 6.10 Å². The van der Waals surface area contributed by atoms with Crippen LogP contribution in [-0.2, 0) is 11.3 Å². The maximum absolute atomic E-state index is 13.8. The summed E-state index contributed by atoms with van der Waals surface area (Å²) in [5, 5.41) is 17.9. The van der Waals surface area contributed by atoms with E-state index >= 15 is 0 Å². The first kappa shape index (κ1) is 24.4. The van der Waals surface area contributed by atoms with E-state index in [-0.39, 0.29) is 24.5 Å². The van der Waals surface area contributed by atoms with Crippen molar-refractivity contribution in [2.75, 3.05) is 18.5 Å². The van der Waals surface area contributed by atoms with Crippen LogP contribution in [0.5, 0.6) is 6.01 Å². The zero-order chi connectivity index (χ0) is 24.6. The summed E-state index contributed by atoms with van der Waals surface area (Å²) in [7, 11) is 0. The third-order valence-electron chi connectivity index (χ3n) is 5.09. The van der Waals surface area contributed by atoms with E-state index in [0.717, 1.165) is 16.9 Å². The molecule has 182 valence electrons. The summed E-state index contributed by atoms with van der Waals surface area (Å²) < 4.78 is 26.7. The highest BCUT2D eigenvalue weighted by Crippen LogP contribution is 2.25. The van der Waals surface area contributed by atoms with Crippen LogP contribution < -0.4 is 10.1 Å². The molecule has 3 aromatic carbocycles. The molecule has 0 radical (unpaired) electrons. The third kappa shape index (κ3) is 6.88. The molecule has 0 aliphatic carbocycles. The predicted molar refractivity (Wildman–Crippen MR) is 133 cm³/mol. The number of benzene rings is 3. The van der Waals surface area contributed by atoms with Gasteiger partial charge in [-0.2, -0.15) is 4.98 Å². The molecule has 2 N–H and O–H groups in total. The van der Waals surface area contributed by atoms with Gasteiger partial charge in [0.2, 0.25) is 0 Å². The lowest BCUT2D eigenvalue weighted by atomic mass is 10.2. The number of ether oxygens (including phenoxy) is 2. The van der Waals surface area contributed by atoms with Gasteiger partial charge in [0.1, 0.15) is 5.82 Å². The van der Waals surface area contributed by atoms with E-state index in [0.29, 0.717) is 24.5 Å². The summed E-state index contributed by atoms with van der Waals surface area (Å²) in [6.45, 7) is 4.82. The second-order valence-corrected chi connectivity index (χ2v) is 8.39. The zero-order valence-corrected chi connectivity index (χ0v) is 19.8. The quantitative estimate of drug-likeness (QED) is 0.322. The van der Waals surface area contributed by atoms with Gasteiger partial charge in [-0.25, -0.2) is 9.07 Å². The van der Waals surface area contributed by atoms with Crippen molar-refractivity contribution in [3.05, 3.63) is 90.2 Å². The third-order valence-corrected chi connectivity index (χ3v) is 5.09. The summed E-state index contributed by atoms with van der Waals surface area (Å²) in [5.74, 6) is 0.126. The molecular weight excluding hydrogens is 447 g/mol. The lowest BCUT2D eigenvalue weighted by Gasteiger charge is -2.14. The Morgan fingerprint density at radius 2 is 1.77 bits per heavy atom. The Morgan fingerprint density at radius 3 is 2.49 bits per heavy atom. The first-order valence-electron chi connectivity index (χ1n) is 11.5. The largest absolute Gasteiger partial charge is 0.460 e. The van der Waals surface area contributed by atoms with Crippen molar-refractivity contribution in [1.82, 2.24) is 14.8 Å². The van der Waals surface area contributed by atoms with Crippen molar-refractivity contribution in [3.8, 4) is 23.1 Å². The molecule has 0 aliphatic heterocycles. The van der Waals surface area contributed by atoms with Crippen LogP contribution in [0.3, 0.4) is 0 Å². The summed E-state index contributed by atoms with van der Waals surface area (Å²) in [5.41, 5.74) is 3.24. The molecule has 0 saturated carbocycles. The van der Waals surface area contributed by atoms with Gasteiger partial charge < -0.3 is 19.9 Å². The topological polar surface area (TPSA) is 81.4 Å². The fraction of sp³-hybridized carbons (Fsp3) is 0.259.